The average molecular weight is 309 g/mol. The number of carbonyl (C=O) groups excluding carboxylic acids is 1. The van der Waals surface area contributed by atoms with Crippen LogP contribution in [0.5, 0.6) is 0 Å². The number of halogens is 2. The third kappa shape index (κ3) is 2.26. The van der Waals surface area contributed by atoms with E-state index in [0.717, 1.165) is 0 Å². The zero-order valence-corrected chi connectivity index (χ0v) is 10.8. The summed E-state index contributed by atoms with van der Waals surface area (Å²) in [5.41, 5.74) is 0. The second-order valence-corrected chi connectivity index (χ2v) is 5.04. The summed E-state index contributed by atoms with van der Waals surface area (Å²) in [6.07, 6.45) is 1.85. The third-order valence-electron chi connectivity index (χ3n) is 2.04. The summed E-state index contributed by atoms with van der Waals surface area (Å²) >= 11 is 13.2. The van der Waals surface area contributed by atoms with Crippen LogP contribution in [0.4, 0.5) is 5.82 Å². The van der Waals surface area contributed by atoms with Gasteiger partial charge in [-0.05, 0) is 15.9 Å². The number of aromatic nitrogens is 2. The highest BCUT2D eigenvalue weighted by molar-refractivity contribution is 9.10. The molecule has 2 heterocycles. The van der Waals surface area contributed by atoms with Crippen molar-refractivity contribution in [2.45, 2.75) is 11.7 Å². The highest BCUT2D eigenvalue weighted by Crippen LogP contribution is 2.28. The molecule has 1 amide bonds. The van der Waals surface area contributed by atoms with E-state index >= 15 is 0 Å². The van der Waals surface area contributed by atoms with E-state index in [4.69, 9.17) is 11.6 Å². The number of hydrogen-bond acceptors (Lipinski definition) is 4. The summed E-state index contributed by atoms with van der Waals surface area (Å²) in [5, 5.41) is 0.349. The molecule has 4 nitrogen and oxygen atoms in total. The number of thiol groups is 1. The maximum absolute atomic E-state index is 11.6. The van der Waals surface area contributed by atoms with Gasteiger partial charge in [0.2, 0.25) is 5.91 Å². The lowest BCUT2D eigenvalue weighted by Gasteiger charge is -2.15. The van der Waals surface area contributed by atoms with Crippen molar-refractivity contribution in [1.82, 2.24) is 9.97 Å². The summed E-state index contributed by atoms with van der Waals surface area (Å²) in [5.74, 6) is 0.508. The van der Waals surface area contributed by atoms with Crippen LogP contribution in [0.3, 0.4) is 0 Å². The molecule has 0 spiro atoms. The minimum atomic E-state index is 0.00678. The predicted octanol–water partition coefficient (Wildman–Crippen LogP) is 1.93. The Kier molecular flexibility index (Phi) is 3.18. The van der Waals surface area contributed by atoms with Crippen LogP contribution >= 0.6 is 40.2 Å². The predicted molar refractivity (Wildman–Crippen MR) is 64.5 cm³/mol. The number of anilines is 1. The van der Waals surface area contributed by atoms with Crippen LogP contribution in [0.1, 0.15) is 6.42 Å². The molecular formula is C8H7BrClN3OS. The zero-order valence-electron chi connectivity index (χ0n) is 7.52. The highest BCUT2D eigenvalue weighted by Gasteiger charge is 2.30. The van der Waals surface area contributed by atoms with Crippen LogP contribution in [0, 0.1) is 0 Å². The Morgan fingerprint density at radius 1 is 1.67 bits per heavy atom. The largest absolute Gasteiger partial charge is 0.293 e. The van der Waals surface area contributed by atoms with Crippen molar-refractivity contribution in [3.05, 3.63) is 16.0 Å². The van der Waals surface area contributed by atoms with Gasteiger partial charge in [-0.3, -0.25) is 9.69 Å². The van der Waals surface area contributed by atoms with Gasteiger partial charge >= 0.3 is 0 Å². The first-order valence-electron chi connectivity index (χ1n) is 4.24. The second-order valence-electron chi connectivity index (χ2n) is 3.17. The van der Waals surface area contributed by atoms with E-state index in [2.05, 4.69) is 38.5 Å². The van der Waals surface area contributed by atoms with Crippen molar-refractivity contribution in [2.75, 3.05) is 11.4 Å². The normalized spacial score (nSPS) is 21.1. The fraction of sp³-hybridized carbons (Fsp3) is 0.375. The maximum Gasteiger partial charge on any atom is 0.229 e. The Morgan fingerprint density at radius 2 is 2.40 bits per heavy atom. The first kappa shape index (κ1) is 11.2. The molecule has 1 aliphatic rings. The molecule has 15 heavy (non-hydrogen) atoms. The summed E-state index contributed by atoms with van der Waals surface area (Å²) < 4.78 is 0.478. The molecule has 1 aromatic rings. The Labute approximate surface area is 106 Å². The molecule has 0 radical (unpaired) electrons. The van der Waals surface area contributed by atoms with Crippen molar-refractivity contribution in [3.63, 3.8) is 0 Å². The number of carbonyl (C=O) groups is 1. The topological polar surface area (TPSA) is 46.1 Å². The fourth-order valence-corrected chi connectivity index (χ4v) is 2.48. The minimum absolute atomic E-state index is 0.00678. The van der Waals surface area contributed by atoms with Crippen LogP contribution < -0.4 is 4.90 Å². The molecule has 7 heteroatoms. The Bertz CT molecular complexity index is 417. The van der Waals surface area contributed by atoms with Crippen molar-refractivity contribution in [2.24, 2.45) is 0 Å². The summed E-state index contributed by atoms with van der Waals surface area (Å²) in [4.78, 5) is 21.2. The molecule has 0 aliphatic carbocycles. The molecule has 1 atom stereocenters. The van der Waals surface area contributed by atoms with E-state index in [1.807, 2.05) is 0 Å². The molecule has 1 unspecified atom stereocenters. The van der Waals surface area contributed by atoms with Crippen LogP contribution in [0.25, 0.3) is 0 Å². The molecule has 0 bridgehead atoms. The Balaban J connectivity index is 2.34. The third-order valence-corrected chi connectivity index (χ3v) is 3.10. The molecule has 0 N–H and O–H groups in total. The second kappa shape index (κ2) is 4.27. The van der Waals surface area contributed by atoms with Crippen molar-refractivity contribution in [3.8, 4) is 0 Å². The van der Waals surface area contributed by atoms with Crippen molar-refractivity contribution < 1.29 is 4.79 Å². The number of nitrogens with zero attached hydrogens (tertiary/aromatic N) is 3. The van der Waals surface area contributed by atoms with E-state index in [1.54, 1.807) is 4.90 Å². The van der Waals surface area contributed by atoms with Gasteiger partial charge in [-0.25, -0.2) is 9.97 Å². The number of hydrogen-bond donors (Lipinski definition) is 1. The van der Waals surface area contributed by atoms with Crippen LogP contribution in [0.15, 0.2) is 10.8 Å². The van der Waals surface area contributed by atoms with Crippen LogP contribution in [0.2, 0.25) is 5.15 Å². The first-order valence-corrected chi connectivity index (χ1v) is 5.93. The standard InChI is InChI=1S/C8H7BrClN3OS/c9-7-8(11-2-5(10)12-7)13-3-4(15)1-6(13)14/h2,4,15H,1,3H2. The van der Waals surface area contributed by atoms with E-state index in [9.17, 15) is 4.79 Å². The average Bonchev–Trinajstić information content (AvgIpc) is 2.45. The lowest BCUT2D eigenvalue weighted by atomic mass is 10.4. The smallest absolute Gasteiger partial charge is 0.229 e. The van der Waals surface area contributed by atoms with Gasteiger partial charge < -0.3 is 0 Å². The summed E-state index contributed by atoms with van der Waals surface area (Å²) in [7, 11) is 0. The quantitative estimate of drug-likeness (QED) is 0.806. The monoisotopic (exact) mass is 307 g/mol. The molecular weight excluding hydrogens is 302 g/mol. The van der Waals surface area contributed by atoms with Gasteiger partial charge in [0.15, 0.2) is 10.4 Å². The van der Waals surface area contributed by atoms with Crippen molar-refractivity contribution >= 4 is 51.9 Å². The molecule has 1 aliphatic heterocycles. The van der Waals surface area contributed by atoms with E-state index in [0.29, 0.717) is 28.5 Å². The number of rotatable bonds is 1. The van der Waals surface area contributed by atoms with E-state index < -0.39 is 0 Å². The maximum atomic E-state index is 11.6. The van der Waals surface area contributed by atoms with Crippen LogP contribution in [-0.4, -0.2) is 27.7 Å². The van der Waals surface area contributed by atoms with Gasteiger partial charge in [0.25, 0.3) is 0 Å². The van der Waals surface area contributed by atoms with Gasteiger partial charge in [-0.15, -0.1) is 0 Å². The summed E-state index contributed by atoms with van der Waals surface area (Å²) in [6, 6.07) is 0. The van der Waals surface area contributed by atoms with Crippen LogP contribution in [-0.2, 0) is 4.79 Å². The Hall–Kier alpha value is -0.330. The molecule has 1 saturated heterocycles. The SMILES string of the molecule is O=C1CC(S)CN1c1ncc(Cl)nc1Br. The molecule has 2 rings (SSSR count). The highest BCUT2D eigenvalue weighted by atomic mass is 79.9. The minimum Gasteiger partial charge on any atom is -0.293 e. The summed E-state index contributed by atoms with van der Waals surface area (Å²) in [6.45, 7) is 0.552. The van der Waals surface area contributed by atoms with Gasteiger partial charge in [-0.1, -0.05) is 11.6 Å². The van der Waals surface area contributed by atoms with Crippen molar-refractivity contribution in [1.29, 1.82) is 0 Å². The zero-order chi connectivity index (χ0) is 11.0. The lowest BCUT2D eigenvalue weighted by molar-refractivity contribution is -0.117. The van der Waals surface area contributed by atoms with Gasteiger partial charge in [0.1, 0.15) is 5.15 Å². The fourth-order valence-electron chi connectivity index (χ4n) is 1.41. The van der Waals surface area contributed by atoms with Gasteiger partial charge in [0.05, 0.1) is 6.20 Å². The van der Waals surface area contributed by atoms with Gasteiger partial charge in [0, 0.05) is 18.2 Å². The molecule has 1 fully saturated rings. The number of amides is 1. The lowest BCUT2D eigenvalue weighted by Crippen LogP contribution is -2.26. The van der Waals surface area contributed by atoms with E-state index in [-0.39, 0.29) is 11.2 Å². The van der Waals surface area contributed by atoms with Gasteiger partial charge in [-0.2, -0.15) is 12.6 Å². The Morgan fingerprint density at radius 3 is 2.93 bits per heavy atom. The van der Waals surface area contributed by atoms with E-state index in [1.165, 1.54) is 6.20 Å². The molecule has 0 aromatic carbocycles. The molecule has 80 valence electrons. The molecule has 1 aromatic heterocycles. The molecule has 0 saturated carbocycles. The first-order chi connectivity index (χ1) is 7.08.